The molecule has 0 bridgehead atoms. The quantitative estimate of drug-likeness (QED) is 0.376. The SMILES string of the molecule is Cc1ccc2c(c1)-c1ccccc1S(=O)(=O)N2CC(=O)Nc1ccc(S(=O)(=O)Nc2ccccc2)cc1. The number of benzene rings is 4. The molecule has 0 unspecified atom stereocenters. The van der Waals surface area contributed by atoms with Gasteiger partial charge in [0, 0.05) is 22.5 Å². The van der Waals surface area contributed by atoms with Crippen LogP contribution in [0.3, 0.4) is 0 Å². The summed E-state index contributed by atoms with van der Waals surface area (Å²) in [7, 11) is -7.78. The Kier molecular flexibility index (Phi) is 6.22. The monoisotopic (exact) mass is 533 g/mol. The molecule has 0 saturated carbocycles. The van der Waals surface area contributed by atoms with Gasteiger partial charge in [0.1, 0.15) is 6.54 Å². The van der Waals surface area contributed by atoms with Crippen LogP contribution in [0.25, 0.3) is 11.1 Å². The van der Waals surface area contributed by atoms with E-state index >= 15 is 0 Å². The molecule has 0 fully saturated rings. The fraction of sp³-hybridized carbons (Fsp3) is 0.0741. The number of hydrogen-bond acceptors (Lipinski definition) is 5. The topological polar surface area (TPSA) is 113 Å². The van der Waals surface area contributed by atoms with Gasteiger partial charge in [-0.1, -0.05) is 48.0 Å². The number of nitrogens with one attached hydrogen (secondary N) is 2. The molecule has 10 heteroatoms. The fourth-order valence-electron chi connectivity index (χ4n) is 4.18. The van der Waals surface area contributed by atoms with Gasteiger partial charge in [-0.2, -0.15) is 0 Å². The van der Waals surface area contributed by atoms with Crippen molar-refractivity contribution in [1.29, 1.82) is 0 Å². The summed E-state index contributed by atoms with van der Waals surface area (Å²) in [5, 5.41) is 2.66. The third-order valence-electron chi connectivity index (χ3n) is 5.93. The van der Waals surface area contributed by atoms with Gasteiger partial charge in [-0.25, -0.2) is 16.8 Å². The van der Waals surface area contributed by atoms with E-state index in [0.717, 1.165) is 15.4 Å². The molecule has 1 aliphatic rings. The maximum absolute atomic E-state index is 13.4. The van der Waals surface area contributed by atoms with E-state index < -0.39 is 32.5 Å². The average molecular weight is 534 g/mol. The third kappa shape index (κ3) is 4.81. The second kappa shape index (κ2) is 9.38. The average Bonchev–Trinajstić information content (AvgIpc) is 2.87. The highest BCUT2D eigenvalue weighted by atomic mass is 32.2. The number of nitrogens with zero attached hydrogens (tertiary/aromatic N) is 1. The number of carbonyl (C=O) groups excluding carboxylic acids is 1. The van der Waals surface area contributed by atoms with Crippen LogP contribution in [0, 0.1) is 6.92 Å². The van der Waals surface area contributed by atoms with E-state index in [1.165, 1.54) is 30.3 Å². The van der Waals surface area contributed by atoms with Gasteiger partial charge in [-0.3, -0.25) is 13.8 Å². The summed E-state index contributed by atoms with van der Waals surface area (Å²) in [4.78, 5) is 13.1. The van der Waals surface area contributed by atoms with Crippen LogP contribution in [-0.2, 0) is 24.8 Å². The van der Waals surface area contributed by atoms with Gasteiger partial charge in [0.25, 0.3) is 20.0 Å². The van der Waals surface area contributed by atoms with Crippen LogP contribution < -0.4 is 14.3 Å². The van der Waals surface area contributed by atoms with Crippen molar-refractivity contribution in [3.63, 3.8) is 0 Å². The fourth-order valence-corrected chi connectivity index (χ4v) is 6.89. The second-order valence-electron chi connectivity index (χ2n) is 8.57. The first-order valence-corrected chi connectivity index (χ1v) is 14.3. The molecule has 4 aromatic rings. The first-order valence-electron chi connectivity index (χ1n) is 11.4. The lowest BCUT2D eigenvalue weighted by Gasteiger charge is -2.31. The number of fused-ring (bicyclic) bond motifs is 3. The van der Waals surface area contributed by atoms with Crippen molar-refractivity contribution in [3.8, 4) is 11.1 Å². The van der Waals surface area contributed by atoms with Crippen LogP contribution in [0.5, 0.6) is 0 Å². The summed E-state index contributed by atoms with van der Waals surface area (Å²) < 4.78 is 55.7. The molecule has 0 radical (unpaired) electrons. The van der Waals surface area contributed by atoms with E-state index in [-0.39, 0.29) is 9.79 Å². The molecular weight excluding hydrogens is 510 g/mol. The molecule has 37 heavy (non-hydrogen) atoms. The van der Waals surface area contributed by atoms with Gasteiger partial charge in [0.2, 0.25) is 5.91 Å². The molecule has 0 spiro atoms. The summed E-state index contributed by atoms with van der Waals surface area (Å²) in [5.74, 6) is -0.563. The first-order chi connectivity index (χ1) is 17.6. The molecular formula is C27H23N3O5S2. The normalized spacial score (nSPS) is 13.8. The summed E-state index contributed by atoms with van der Waals surface area (Å²) in [5.41, 5.74) is 3.49. The number of sulfonamides is 2. The Hall–Kier alpha value is -4.15. The summed E-state index contributed by atoms with van der Waals surface area (Å²) in [6.07, 6.45) is 0. The molecule has 4 aromatic carbocycles. The van der Waals surface area contributed by atoms with Gasteiger partial charge in [-0.15, -0.1) is 0 Å². The van der Waals surface area contributed by atoms with Crippen molar-refractivity contribution in [1.82, 2.24) is 0 Å². The van der Waals surface area contributed by atoms with Gasteiger partial charge in [0.15, 0.2) is 0 Å². The van der Waals surface area contributed by atoms with Crippen molar-refractivity contribution >= 4 is 43.0 Å². The van der Waals surface area contributed by atoms with Gasteiger partial charge in [-0.05, 0) is 61.5 Å². The van der Waals surface area contributed by atoms with Crippen molar-refractivity contribution in [2.75, 3.05) is 20.9 Å². The maximum atomic E-state index is 13.4. The van der Waals surface area contributed by atoms with E-state index in [1.807, 2.05) is 13.0 Å². The molecule has 188 valence electrons. The Morgan fingerprint density at radius 1 is 0.811 bits per heavy atom. The zero-order valence-corrected chi connectivity index (χ0v) is 21.4. The van der Waals surface area contributed by atoms with Crippen LogP contribution in [0.4, 0.5) is 17.1 Å². The summed E-state index contributed by atoms with van der Waals surface area (Å²) in [6.45, 7) is 1.48. The van der Waals surface area contributed by atoms with E-state index in [1.54, 1.807) is 60.7 Å². The Bertz CT molecular complexity index is 1700. The highest BCUT2D eigenvalue weighted by Gasteiger charge is 2.35. The van der Waals surface area contributed by atoms with Gasteiger partial charge < -0.3 is 5.32 Å². The first kappa shape index (κ1) is 24.5. The lowest BCUT2D eigenvalue weighted by atomic mass is 10.0. The van der Waals surface area contributed by atoms with Crippen molar-refractivity contribution in [2.24, 2.45) is 0 Å². The number of rotatable bonds is 6. The predicted octanol–water partition coefficient (Wildman–Crippen LogP) is 4.61. The minimum absolute atomic E-state index is 0.0221. The third-order valence-corrected chi connectivity index (χ3v) is 9.14. The largest absolute Gasteiger partial charge is 0.325 e. The molecule has 0 aliphatic carbocycles. The number of hydrogen-bond donors (Lipinski definition) is 2. The van der Waals surface area contributed by atoms with Crippen LogP contribution >= 0.6 is 0 Å². The van der Waals surface area contributed by atoms with Crippen LogP contribution in [0.2, 0.25) is 0 Å². The molecule has 1 aliphatic heterocycles. The number of carbonyl (C=O) groups is 1. The Balaban J connectivity index is 1.36. The molecule has 0 aromatic heterocycles. The Morgan fingerprint density at radius 3 is 2.22 bits per heavy atom. The van der Waals surface area contributed by atoms with E-state index in [2.05, 4.69) is 10.0 Å². The van der Waals surface area contributed by atoms with E-state index in [0.29, 0.717) is 22.6 Å². The van der Waals surface area contributed by atoms with Crippen LogP contribution in [0.1, 0.15) is 5.56 Å². The number of anilines is 3. The molecule has 1 heterocycles. The molecule has 0 saturated heterocycles. The molecule has 1 amide bonds. The lowest BCUT2D eigenvalue weighted by Crippen LogP contribution is -2.40. The molecule has 2 N–H and O–H groups in total. The van der Waals surface area contributed by atoms with Crippen molar-refractivity contribution in [3.05, 3.63) is 103 Å². The minimum atomic E-state index is -3.97. The lowest BCUT2D eigenvalue weighted by molar-refractivity contribution is -0.114. The molecule has 0 atom stereocenters. The highest BCUT2D eigenvalue weighted by Crippen LogP contribution is 2.43. The maximum Gasteiger partial charge on any atom is 0.265 e. The van der Waals surface area contributed by atoms with Gasteiger partial charge in [0.05, 0.1) is 15.5 Å². The highest BCUT2D eigenvalue weighted by molar-refractivity contribution is 7.93. The summed E-state index contributed by atoms with van der Waals surface area (Å²) >= 11 is 0. The number of amides is 1. The zero-order chi connectivity index (χ0) is 26.2. The van der Waals surface area contributed by atoms with Crippen LogP contribution in [-0.4, -0.2) is 29.3 Å². The van der Waals surface area contributed by atoms with E-state index in [4.69, 9.17) is 0 Å². The zero-order valence-electron chi connectivity index (χ0n) is 19.7. The smallest absolute Gasteiger partial charge is 0.265 e. The molecule has 8 nitrogen and oxygen atoms in total. The number of aryl methyl sites for hydroxylation is 1. The van der Waals surface area contributed by atoms with Crippen LogP contribution in [0.15, 0.2) is 107 Å². The van der Waals surface area contributed by atoms with E-state index in [9.17, 15) is 21.6 Å². The standard InChI is InChI=1S/C27H23N3O5S2/c1-19-11-16-25-24(17-19)23-9-5-6-10-26(23)37(34,35)30(25)18-27(31)28-20-12-14-22(15-13-20)36(32,33)29-21-7-3-2-4-8-21/h2-17,29H,18H2,1H3,(H,28,31). The van der Waals surface area contributed by atoms with Gasteiger partial charge >= 0.3 is 0 Å². The number of para-hydroxylation sites is 1. The van der Waals surface area contributed by atoms with Crippen molar-refractivity contribution in [2.45, 2.75) is 16.7 Å². The Labute approximate surface area is 215 Å². The van der Waals surface area contributed by atoms with Crippen molar-refractivity contribution < 1.29 is 21.6 Å². The second-order valence-corrected chi connectivity index (χ2v) is 12.1. The summed E-state index contributed by atoms with van der Waals surface area (Å²) in [6, 6.07) is 26.3. The predicted molar refractivity (Wildman–Crippen MR) is 143 cm³/mol. The molecule has 5 rings (SSSR count). The minimum Gasteiger partial charge on any atom is -0.325 e. The Morgan fingerprint density at radius 2 is 1.49 bits per heavy atom.